The maximum Gasteiger partial charge on any atom is 0.309 e. The van der Waals surface area contributed by atoms with Gasteiger partial charge in [0.1, 0.15) is 5.82 Å². The predicted molar refractivity (Wildman–Crippen MR) is 77.3 cm³/mol. The summed E-state index contributed by atoms with van der Waals surface area (Å²) in [5, 5.41) is 2.55. The average Bonchev–Trinajstić information content (AvgIpc) is 2.49. The molecule has 0 unspecified atom stereocenters. The SMILES string of the molecule is Cc1ccc(F)cc1NC(=O)COC(=O)C1CCCCC1. The van der Waals surface area contributed by atoms with Gasteiger partial charge in [-0.05, 0) is 37.5 Å². The molecule has 1 aromatic rings. The highest BCUT2D eigenvalue weighted by Gasteiger charge is 2.23. The molecule has 1 aliphatic carbocycles. The molecule has 1 saturated carbocycles. The first-order valence-electron chi connectivity index (χ1n) is 7.29. The second kappa shape index (κ2) is 7.20. The van der Waals surface area contributed by atoms with Crippen molar-refractivity contribution in [2.45, 2.75) is 39.0 Å². The molecule has 0 radical (unpaired) electrons. The van der Waals surface area contributed by atoms with E-state index in [0.29, 0.717) is 5.69 Å². The Morgan fingerprint density at radius 3 is 2.71 bits per heavy atom. The van der Waals surface area contributed by atoms with Crippen LogP contribution in [0, 0.1) is 18.7 Å². The Bertz CT molecular complexity index is 524. The first-order chi connectivity index (χ1) is 10.1. The summed E-state index contributed by atoms with van der Waals surface area (Å²) in [5.74, 6) is -1.26. The van der Waals surface area contributed by atoms with Crippen LogP contribution in [-0.2, 0) is 14.3 Å². The van der Waals surface area contributed by atoms with Crippen molar-refractivity contribution in [1.29, 1.82) is 0 Å². The van der Waals surface area contributed by atoms with E-state index in [0.717, 1.165) is 37.7 Å². The van der Waals surface area contributed by atoms with Gasteiger partial charge in [0.25, 0.3) is 5.91 Å². The molecule has 0 bridgehead atoms. The van der Waals surface area contributed by atoms with Crippen LogP contribution in [0.25, 0.3) is 0 Å². The molecule has 0 heterocycles. The third-order valence-electron chi connectivity index (χ3n) is 3.76. The number of hydrogen-bond donors (Lipinski definition) is 1. The maximum atomic E-state index is 13.1. The highest BCUT2D eigenvalue weighted by molar-refractivity contribution is 5.93. The topological polar surface area (TPSA) is 55.4 Å². The van der Waals surface area contributed by atoms with Crippen LogP contribution < -0.4 is 5.32 Å². The molecule has 0 saturated heterocycles. The monoisotopic (exact) mass is 293 g/mol. The van der Waals surface area contributed by atoms with Crippen LogP contribution in [0.2, 0.25) is 0 Å². The van der Waals surface area contributed by atoms with Gasteiger partial charge in [0.05, 0.1) is 5.92 Å². The minimum Gasteiger partial charge on any atom is -0.455 e. The van der Waals surface area contributed by atoms with Crippen LogP contribution >= 0.6 is 0 Å². The number of amides is 1. The highest BCUT2D eigenvalue weighted by Crippen LogP contribution is 2.24. The van der Waals surface area contributed by atoms with Gasteiger partial charge >= 0.3 is 5.97 Å². The van der Waals surface area contributed by atoms with Gasteiger partial charge in [0.2, 0.25) is 0 Å². The second-order valence-corrected chi connectivity index (χ2v) is 5.45. The Labute approximate surface area is 123 Å². The molecule has 0 atom stereocenters. The highest BCUT2D eigenvalue weighted by atomic mass is 19.1. The zero-order chi connectivity index (χ0) is 15.2. The van der Waals surface area contributed by atoms with E-state index >= 15 is 0 Å². The normalized spacial score (nSPS) is 15.5. The number of ether oxygens (including phenoxy) is 1. The molecule has 0 spiro atoms. The van der Waals surface area contributed by atoms with Gasteiger partial charge < -0.3 is 10.1 Å². The van der Waals surface area contributed by atoms with Gasteiger partial charge in [-0.15, -0.1) is 0 Å². The van der Waals surface area contributed by atoms with Crippen molar-refractivity contribution in [1.82, 2.24) is 0 Å². The molecule has 1 N–H and O–H groups in total. The Morgan fingerprint density at radius 2 is 2.00 bits per heavy atom. The van der Waals surface area contributed by atoms with Crippen molar-refractivity contribution in [2.75, 3.05) is 11.9 Å². The summed E-state index contributed by atoms with van der Waals surface area (Å²) in [5.41, 5.74) is 1.15. The summed E-state index contributed by atoms with van der Waals surface area (Å²) in [6, 6.07) is 4.16. The summed E-state index contributed by atoms with van der Waals surface area (Å²) in [6.07, 6.45) is 4.90. The number of aryl methyl sites for hydroxylation is 1. The Kier molecular flexibility index (Phi) is 5.31. The molecule has 0 aromatic heterocycles. The van der Waals surface area contributed by atoms with E-state index in [-0.39, 0.29) is 18.5 Å². The number of carbonyl (C=O) groups excluding carboxylic acids is 2. The Hall–Kier alpha value is -1.91. The molecule has 5 heteroatoms. The smallest absolute Gasteiger partial charge is 0.309 e. The van der Waals surface area contributed by atoms with E-state index in [4.69, 9.17) is 4.74 Å². The molecule has 1 fully saturated rings. The molecule has 1 amide bonds. The molecular weight excluding hydrogens is 273 g/mol. The largest absolute Gasteiger partial charge is 0.455 e. The molecule has 114 valence electrons. The first-order valence-corrected chi connectivity index (χ1v) is 7.29. The van der Waals surface area contributed by atoms with E-state index in [1.54, 1.807) is 13.0 Å². The van der Waals surface area contributed by atoms with E-state index in [9.17, 15) is 14.0 Å². The zero-order valence-corrected chi connectivity index (χ0v) is 12.2. The van der Waals surface area contributed by atoms with Crippen molar-refractivity contribution < 1.29 is 18.7 Å². The van der Waals surface area contributed by atoms with Gasteiger partial charge in [-0.1, -0.05) is 25.3 Å². The molecule has 1 aromatic carbocycles. The van der Waals surface area contributed by atoms with Crippen LogP contribution in [0.1, 0.15) is 37.7 Å². The quantitative estimate of drug-likeness (QED) is 0.867. The minimum absolute atomic E-state index is 0.0811. The molecular formula is C16H20FNO3. The van der Waals surface area contributed by atoms with Crippen LogP contribution in [0.5, 0.6) is 0 Å². The maximum absolute atomic E-state index is 13.1. The Balaban J connectivity index is 1.81. The first kappa shape index (κ1) is 15.5. The molecule has 21 heavy (non-hydrogen) atoms. The van der Waals surface area contributed by atoms with Crippen LogP contribution in [0.4, 0.5) is 10.1 Å². The van der Waals surface area contributed by atoms with Gasteiger partial charge in [0.15, 0.2) is 6.61 Å². The van der Waals surface area contributed by atoms with Crippen LogP contribution in [0.15, 0.2) is 18.2 Å². The lowest BCUT2D eigenvalue weighted by Gasteiger charge is -2.19. The average molecular weight is 293 g/mol. The Morgan fingerprint density at radius 1 is 1.29 bits per heavy atom. The van der Waals surface area contributed by atoms with Gasteiger partial charge in [-0.3, -0.25) is 9.59 Å². The number of carbonyl (C=O) groups is 2. The van der Waals surface area contributed by atoms with Crippen LogP contribution in [0.3, 0.4) is 0 Å². The number of nitrogens with one attached hydrogen (secondary N) is 1. The number of benzene rings is 1. The lowest BCUT2D eigenvalue weighted by atomic mass is 9.89. The number of halogens is 1. The van der Waals surface area contributed by atoms with Gasteiger partial charge in [-0.2, -0.15) is 0 Å². The van der Waals surface area contributed by atoms with E-state index in [1.165, 1.54) is 12.1 Å². The number of esters is 1. The van der Waals surface area contributed by atoms with Gasteiger partial charge in [-0.25, -0.2) is 4.39 Å². The second-order valence-electron chi connectivity index (χ2n) is 5.45. The lowest BCUT2D eigenvalue weighted by molar-refractivity contribution is -0.152. The summed E-state index contributed by atoms with van der Waals surface area (Å²) in [7, 11) is 0. The fourth-order valence-electron chi connectivity index (χ4n) is 2.51. The lowest BCUT2D eigenvalue weighted by Crippen LogP contribution is -2.26. The van der Waals surface area contributed by atoms with Crippen molar-refractivity contribution in [2.24, 2.45) is 5.92 Å². The summed E-state index contributed by atoms with van der Waals surface area (Å²) >= 11 is 0. The predicted octanol–water partition coefficient (Wildman–Crippen LogP) is 3.20. The van der Waals surface area contributed by atoms with Gasteiger partial charge in [0, 0.05) is 5.69 Å². The number of hydrogen-bond acceptors (Lipinski definition) is 3. The number of rotatable bonds is 4. The summed E-state index contributed by atoms with van der Waals surface area (Å²) in [4.78, 5) is 23.6. The van der Waals surface area contributed by atoms with Crippen molar-refractivity contribution in [3.63, 3.8) is 0 Å². The van der Waals surface area contributed by atoms with Crippen molar-refractivity contribution >= 4 is 17.6 Å². The van der Waals surface area contributed by atoms with E-state index in [2.05, 4.69) is 5.32 Å². The minimum atomic E-state index is -0.451. The third-order valence-corrected chi connectivity index (χ3v) is 3.76. The van der Waals surface area contributed by atoms with Crippen LogP contribution in [-0.4, -0.2) is 18.5 Å². The molecule has 4 nitrogen and oxygen atoms in total. The standard InChI is InChI=1S/C16H20FNO3/c1-11-7-8-13(17)9-14(11)18-15(19)10-21-16(20)12-5-3-2-4-6-12/h7-9,12H,2-6,10H2,1H3,(H,18,19). The van der Waals surface area contributed by atoms with Crippen molar-refractivity contribution in [3.8, 4) is 0 Å². The molecule has 0 aliphatic heterocycles. The van der Waals surface area contributed by atoms with Crippen molar-refractivity contribution in [3.05, 3.63) is 29.6 Å². The summed E-state index contributed by atoms with van der Waals surface area (Å²) in [6.45, 7) is 1.44. The summed E-state index contributed by atoms with van der Waals surface area (Å²) < 4.78 is 18.2. The molecule has 1 aliphatic rings. The fourth-order valence-corrected chi connectivity index (χ4v) is 2.51. The number of anilines is 1. The van der Waals surface area contributed by atoms with E-state index in [1.807, 2.05) is 0 Å². The fraction of sp³-hybridized carbons (Fsp3) is 0.500. The third kappa shape index (κ3) is 4.55. The zero-order valence-electron chi connectivity index (χ0n) is 12.2. The van der Waals surface area contributed by atoms with E-state index < -0.39 is 11.7 Å². The molecule has 2 rings (SSSR count).